The molecule has 0 aliphatic carbocycles. The van der Waals surface area contributed by atoms with Crippen molar-refractivity contribution in [3.8, 4) is 0 Å². The molecule has 1 heterocycles. The summed E-state index contributed by atoms with van der Waals surface area (Å²) in [5.41, 5.74) is -1.14. The van der Waals surface area contributed by atoms with Crippen LogP contribution in [0.5, 0.6) is 0 Å². The third-order valence-electron chi connectivity index (χ3n) is 3.26. The molecule has 23 heavy (non-hydrogen) atoms. The number of nitrogens with zero attached hydrogens (tertiary/aromatic N) is 2. The molecule has 0 aromatic carbocycles. The predicted molar refractivity (Wildman–Crippen MR) is 73.5 cm³/mol. The Labute approximate surface area is 146 Å². The Morgan fingerprint density at radius 3 is 2.57 bits per heavy atom. The van der Waals surface area contributed by atoms with E-state index in [9.17, 15) is 24.7 Å². The first kappa shape index (κ1) is 20.1. The third kappa shape index (κ3) is 4.78. The van der Waals surface area contributed by atoms with Gasteiger partial charge in [0.05, 0.1) is 0 Å². The minimum absolute atomic E-state index is 0.117. The normalized spacial score (nSPS) is 15.1. The van der Waals surface area contributed by atoms with Crippen LogP contribution in [-0.4, -0.2) is 58.0 Å². The van der Waals surface area contributed by atoms with Gasteiger partial charge in [-0.25, -0.2) is 0 Å². The zero-order valence-corrected chi connectivity index (χ0v) is 18.0. The summed E-state index contributed by atoms with van der Waals surface area (Å²) in [7, 11) is -0.737. The third-order valence-corrected chi connectivity index (χ3v) is 6.50. The SMILES string of the molecule is COC(COB(O)N=O)C(O)C(O)n1c(C)[c]([Hg])c(=O)[nH]c1=O. The quantitative estimate of drug-likeness (QED) is 0.206. The number of nitroso groups, excluding NO2 is 1. The second-order valence-corrected chi connectivity index (χ2v) is 7.39. The zero-order valence-electron chi connectivity index (χ0n) is 12.5. The molecule has 4 N–H and O–H groups in total. The van der Waals surface area contributed by atoms with Gasteiger partial charge in [0.25, 0.3) is 0 Å². The first-order valence-corrected chi connectivity index (χ1v) is 9.17. The number of hydrogen-bond donors (Lipinski definition) is 4. The number of methoxy groups -OCH3 is 1. The molecule has 0 radical (unpaired) electrons. The fourth-order valence-corrected chi connectivity index (χ4v) is 2.88. The van der Waals surface area contributed by atoms with E-state index in [4.69, 9.17) is 9.76 Å². The van der Waals surface area contributed by atoms with E-state index in [0.29, 0.717) is 3.07 Å². The van der Waals surface area contributed by atoms with Crippen LogP contribution in [0.1, 0.15) is 11.9 Å². The fraction of sp³-hybridized carbons (Fsp3) is 0.600. The molecule has 0 bridgehead atoms. The number of aliphatic hydroxyl groups is 2. The molecular weight excluding hydrogens is 502 g/mol. The van der Waals surface area contributed by atoms with Crippen molar-refractivity contribution in [2.45, 2.75) is 25.4 Å². The van der Waals surface area contributed by atoms with Crippen molar-refractivity contribution in [3.05, 3.63) is 31.4 Å². The van der Waals surface area contributed by atoms with Gasteiger partial charge in [0.2, 0.25) is 0 Å². The summed E-state index contributed by atoms with van der Waals surface area (Å²) in [5, 5.41) is 31.5. The standard InChI is InChI=1S/C10H15BN3O8.Hg/c1-5-3-7(15)12-10(18)14(5)9(17)8(16)6(21-2)4-22-11(19)13-20;/h6,8-9,16-17,19H,4H2,1-2H3,(H,12,15,18);. The van der Waals surface area contributed by atoms with Gasteiger partial charge in [0.15, 0.2) is 0 Å². The molecule has 123 valence electrons. The number of aliphatic hydroxyl groups excluding tert-OH is 2. The first-order valence-electron chi connectivity index (χ1n) is 6.43. The number of aromatic amines is 1. The van der Waals surface area contributed by atoms with Crippen molar-refractivity contribution in [2.75, 3.05) is 13.7 Å². The van der Waals surface area contributed by atoms with E-state index in [1.807, 2.05) is 0 Å². The molecule has 0 amide bonds. The van der Waals surface area contributed by atoms with Gasteiger partial charge in [-0.05, 0) is 0 Å². The molecule has 13 heteroatoms. The van der Waals surface area contributed by atoms with Gasteiger partial charge in [-0.3, -0.25) is 0 Å². The van der Waals surface area contributed by atoms with Gasteiger partial charge in [-0.15, -0.1) is 0 Å². The van der Waals surface area contributed by atoms with Gasteiger partial charge in [0.1, 0.15) is 0 Å². The van der Waals surface area contributed by atoms with E-state index < -0.39 is 43.5 Å². The van der Waals surface area contributed by atoms with Crippen LogP contribution in [0.4, 0.5) is 0 Å². The van der Waals surface area contributed by atoms with Gasteiger partial charge in [-0.2, -0.15) is 0 Å². The van der Waals surface area contributed by atoms with Crippen LogP contribution >= 0.6 is 0 Å². The van der Waals surface area contributed by atoms with Crippen LogP contribution in [0.15, 0.2) is 14.7 Å². The van der Waals surface area contributed by atoms with Crippen molar-refractivity contribution in [1.29, 1.82) is 0 Å². The number of H-pyrrole nitrogens is 1. The number of rotatable bonds is 8. The van der Waals surface area contributed by atoms with Crippen LogP contribution in [0.25, 0.3) is 0 Å². The Kier molecular flexibility index (Phi) is 7.70. The van der Waals surface area contributed by atoms with Gasteiger partial charge >= 0.3 is 146 Å². The molecule has 0 saturated carbocycles. The maximum absolute atomic E-state index is 11.9. The van der Waals surface area contributed by atoms with Gasteiger partial charge in [0, 0.05) is 0 Å². The Morgan fingerprint density at radius 2 is 2.04 bits per heavy atom. The molecule has 1 rings (SSSR count). The van der Waals surface area contributed by atoms with Crippen LogP contribution in [0.2, 0.25) is 0 Å². The molecule has 0 fully saturated rings. The number of nitrogens with one attached hydrogen (secondary N) is 1. The molecule has 0 saturated heterocycles. The summed E-state index contributed by atoms with van der Waals surface area (Å²) < 4.78 is 10.8. The van der Waals surface area contributed by atoms with E-state index in [-0.39, 0.29) is 31.8 Å². The second kappa shape index (κ2) is 8.80. The Morgan fingerprint density at radius 1 is 1.43 bits per heavy atom. The fourth-order valence-electron chi connectivity index (χ4n) is 1.88. The van der Waals surface area contributed by atoms with Gasteiger partial charge < -0.3 is 0 Å². The van der Waals surface area contributed by atoms with Crippen molar-refractivity contribution < 1.29 is 50.7 Å². The molecule has 0 aliphatic heterocycles. The molecule has 0 spiro atoms. The summed E-state index contributed by atoms with van der Waals surface area (Å²) in [6, 6.07) is 0. The van der Waals surface area contributed by atoms with E-state index in [2.05, 4.69) is 14.7 Å². The van der Waals surface area contributed by atoms with Crippen molar-refractivity contribution >= 4 is 10.3 Å². The van der Waals surface area contributed by atoms with Crippen LogP contribution in [0.3, 0.4) is 0 Å². The van der Waals surface area contributed by atoms with Crippen LogP contribution < -0.4 is 14.3 Å². The van der Waals surface area contributed by atoms with Gasteiger partial charge in [-0.1, -0.05) is 0 Å². The van der Waals surface area contributed by atoms with E-state index in [1.165, 1.54) is 14.0 Å². The molecule has 11 nitrogen and oxygen atoms in total. The monoisotopic (exact) mass is 518 g/mol. The molecule has 3 atom stereocenters. The predicted octanol–water partition coefficient (Wildman–Crippen LogP) is -3.36. The van der Waals surface area contributed by atoms with Crippen molar-refractivity contribution in [1.82, 2.24) is 9.55 Å². The van der Waals surface area contributed by atoms with Crippen LogP contribution in [0, 0.1) is 11.8 Å². The summed E-state index contributed by atoms with van der Waals surface area (Å²) >= 11 is -0.117. The minimum atomic E-state index is -1.94. The number of aromatic nitrogens is 2. The summed E-state index contributed by atoms with van der Waals surface area (Å²) in [4.78, 5) is 35.5. The molecule has 1 aromatic rings. The topological polar surface area (TPSA) is 163 Å². The molecule has 3 unspecified atom stereocenters. The van der Waals surface area contributed by atoms with E-state index in [0.717, 1.165) is 4.57 Å². The number of hydrogen-bond acceptors (Lipinski definition) is 9. The zero-order chi connectivity index (χ0) is 17.7. The Hall–Kier alpha value is -0.920. The molecular formula is C10H15BHgN3O8. The molecule has 1 aromatic heterocycles. The summed E-state index contributed by atoms with van der Waals surface area (Å²) in [5.74, 6) is 0. The maximum atomic E-state index is 11.9. The average molecular weight is 517 g/mol. The summed E-state index contributed by atoms with van der Waals surface area (Å²) in [6.07, 6.45) is -4.52. The first-order chi connectivity index (χ1) is 10.7. The van der Waals surface area contributed by atoms with Crippen molar-refractivity contribution in [3.63, 3.8) is 0 Å². The van der Waals surface area contributed by atoms with E-state index in [1.54, 1.807) is 0 Å². The summed E-state index contributed by atoms with van der Waals surface area (Å²) in [6.45, 7) is 1.02. The number of ether oxygens (including phenoxy) is 1. The Bertz CT molecular complexity index is 664. The van der Waals surface area contributed by atoms with Crippen LogP contribution in [-0.2, 0) is 35.5 Å². The van der Waals surface area contributed by atoms with E-state index >= 15 is 0 Å². The second-order valence-electron chi connectivity index (χ2n) is 4.64. The molecule has 0 aliphatic rings. The van der Waals surface area contributed by atoms with Crippen molar-refractivity contribution in [2.24, 2.45) is 5.09 Å². The average Bonchev–Trinajstić information content (AvgIpc) is 2.52. The Balaban J connectivity index is 3.05.